The van der Waals surface area contributed by atoms with Gasteiger partial charge in [0, 0.05) is 7.26 Å². The maximum absolute atomic E-state index is 2.41. The number of hydrogen-bond donors (Lipinski definition) is 0. The highest BCUT2D eigenvalue weighted by Gasteiger charge is 2.32. The quantitative estimate of drug-likeness (QED) is 0.402. The van der Waals surface area contributed by atoms with Crippen molar-refractivity contribution in [1.29, 1.82) is 0 Å². The summed E-state index contributed by atoms with van der Waals surface area (Å²) in [5.41, 5.74) is 0. The molecular weight excluding hydrogens is 187 g/mol. The molecule has 0 unspecified atom stereocenters. The van der Waals surface area contributed by atoms with Gasteiger partial charge < -0.3 is 0 Å². The fourth-order valence-electron chi connectivity index (χ4n) is 2.36. The van der Waals surface area contributed by atoms with Crippen LogP contribution in [0.4, 0.5) is 0 Å². The van der Waals surface area contributed by atoms with Gasteiger partial charge in [0.25, 0.3) is 0 Å². The van der Waals surface area contributed by atoms with E-state index in [4.69, 9.17) is 0 Å². The first kappa shape index (κ1) is 14.2. The second-order valence-electron chi connectivity index (χ2n) is 4.26. The van der Waals surface area contributed by atoms with Crippen molar-refractivity contribution in [2.75, 3.05) is 24.6 Å². The van der Waals surface area contributed by atoms with Crippen LogP contribution >= 0.6 is 7.26 Å². The monoisotopic (exact) mass is 215 g/mol. The van der Waals surface area contributed by atoms with E-state index < -0.39 is 7.26 Å². The van der Waals surface area contributed by atoms with E-state index in [2.05, 4.69) is 39.8 Å². The van der Waals surface area contributed by atoms with Gasteiger partial charge in [-0.3, -0.25) is 0 Å². The lowest BCUT2D eigenvalue weighted by Crippen LogP contribution is -2.10. The van der Waals surface area contributed by atoms with Gasteiger partial charge in [-0.1, -0.05) is 32.9 Å². The normalized spacial score (nSPS) is 12.6. The molecule has 0 amide bonds. The van der Waals surface area contributed by atoms with E-state index in [-0.39, 0.29) is 0 Å². The van der Waals surface area contributed by atoms with E-state index in [1.165, 1.54) is 43.9 Å². The third kappa shape index (κ3) is 5.15. The van der Waals surface area contributed by atoms with Crippen LogP contribution in [0.15, 0.2) is 12.2 Å². The second-order valence-corrected chi connectivity index (χ2v) is 8.65. The molecule has 0 aliphatic carbocycles. The van der Waals surface area contributed by atoms with Gasteiger partial charge in [0.2, 0.25) is 0 Å². The average Bonchev–Trinajstić information content (AvgIpc) is 2.16. The standard InChI is InChI=1S/C13H28P/c1-5-9-13-14(10-6-2,11-7-3)12-8-4/h5,9H,6-8,10-13H2,1-4H3/q+1. The highest BCUT2D eigenvalue weighted by molar-refractivity contribution is 7.76. The SMILES string of the molecule is CC=CC[P+](CCC)(CCC)CCC. The lowest BCUT2D eigenvalue weighted by molar-refractivity contribution is 0.994. The molecule has 0 bridgehead atoms. The van der Waals surface area contributed by atoms with Gasteiger partial charge >= 0.3 is 0 Å². The van der Waals surface area contributed by atoms with Crippen molar-refractivity contribution in [2.24, 2.45) is 0 Å². The molecule has 0 aliphatic rings. The Kier molecular flexibility index (Phi) is 8.58. The Morgan fingerprint density at radius 2 is 1.29 bits per heavy atom. The lowest BCUT2D eigenvalue weighted by atomic mass is 10.5. The van der Waals surface area contributed by atoms with Crippen LogP contribution in [0.25, 0.3) is 0 Å². The molecule has 0 saturated carbocycles. The minimum atomic E-state index is -0.599. The first-order valence-electron chi connectivity index (χ1n) is 6.21. The van der Waals surface area contributed by atoms with E-state index in [0.717, 1.165) is 0 Å². The van der Waals surface area contributed by atoms with Gasteiger partial charge in [-0.25, -0.2) is 0 Å². The van der Waals surface area contributed by atoms with Crippen molar-refractivity contribution >= 4 is 7.26 Å². The molecule has 0 heterocycles. The van der Waals surface area contributed by atoms with E-state index in [9.17, 15) is 0 Å². The maximum atomic E-state index is 2.41. The van der Waals surface area contributed by atoms with Crippen molar-refractivity contribution in [1.82, 2.24) is 0 Å². The summed E-state index contributed by atoms with van der Waals surface area (Å²) < 4.78 is 0. The van der Waals surface area contributed by atoms with Crippen molar-refractivity contribution in [3.63, 3.8) is 0 Å². The van der Waals surface area contributed by atoms with Crippen LogP contribution in [0.3, 0.4) is 0 Å². The molecule has 1 heteroatoms. The molecule has 0 aromatic carbocycles. The number of allylic oxidation sites excluding steroid dienone is 2. The Labute approximate surface area is 91.5 Å². The summed E-state index contributed by atoms with van der Waals surface area (Å²) in [4.78, 5) is 0. The van der Waals surface area contributed by atoms with Gasteiger partial charge in [0.05, 0.1) is 24.6 Å². The molecule has 84 valence electrons. The van der Waals surface area contributed by atoms with Crippen molar-refractivity contribution in [2.45, 2.75) is 47.0 Å². The Morgan fingerprint density at radius 3 is 1.57 bits per heavy atom. The summed E-state index contributed by atoms with van der Waals surface area (Å²) >= 11 is 0. The van der Waals surface area contributed by atoms with Crippen LogP contribution < -0.4 is 0 Å². The third-order valence-corrected chi connectivity index (χ3v) is 8.00. The molecule has 0 aromatic heterocycles. The molecule has 0 fully saturated rings. The maximum Gasteiger partial charge on any atom is 0.0773 e. The zero-order chi connectivity index (χ0) is 10.9. The summed E-state index contributed by atoms with van der Waals surface area (Å²) in [6.45, 7) is 9.18. The van der Waals surface area contributed by atoms with Crippen LogP contribution in [-0.2, 0) is 0 Å². The molecule has 0 saturated heterocycles. The van der Waals surface area contributed by atoms with Gasteiger partial charge in [0.1, 0.15) is 0 Å². The minimum absolute atomic E-state index is 0.599. The second kappa shape index (κ2) is 8.48. The predicted molar refractivity (Wildman–Crippen MR) is 72.1 cm³/mol. The molecule has 0 radical (unpaired) electrons. The molecule has 0 spiro atoms. The fraction of sp³-hybridized carbons (Fsp3) is 0.846. The zero-order valence-electron chi connectivity index (χ0n) is 10.6. The van der Waals surface area contributed by atoms with Crippen molar-refractivity contribution in [3.8, 4) is 0 Å². The average molecular weight is 215 g/mol. The summed E-state index contributed by atoms with van der Waals surface area (Å²) in [7, 11) is -0.599. The van der Waals surface area contributed by atoms with Crippen LogP contribution in [-0.4, -0.2) is 24.6 Å². The first-order chi connectivity index (χ1) is 6.74. The lowest BCUT2D eigenvalue weighted by Gasteiger charge is -2.25. The highest BCUT2D eigenvalue weighted by atomic mass is 31.2. The first-order valence-corrected chi connectivity index (χ1v) is 8.73. The molecule has 0 aromatic rings. The van der Waals surface area contributed by atoms with Gasteiger partial charge in [0.15, 0.2) is 0 Å². The van der Waals surface area contributed by atoms with Crippen LogP contribution in [0.1, 0.15) is 47.0 Å². The smallest absolute Gasteiger partial charge is 0.0773 e. The van der Waals surface area contributed by atoms with Crippen molar-refractivity contribution in [3.05, 3.63) is 12.2 Å². The van der Waals surface area contributed by atoms with Gasteiger partial charge in [-0.2, -0.15) is 0 Å². The van der Waals surface area contributed by atoms with Gasteiger partial charge in [-0.15, -0.1) is 0 Å². The van der Waals surface area contributed by atoms with E-state index in [1.54, 1.807) is 0 Å². The fourth-order valence-corrected chi connectivity index (χ4v) is 7.08. The third-order valence-electron chi connectivity index (χ3n) is 2.82. The van der Waals surface area contributed by atoms with Crippen LogP contribution in [0.2, 0.25) is 0 Å². The Bertz CT molecular complexity index is 132. The zero-order valence-corrected chi connectivity index (χ0v) is 11.4. The van der Waals surface area contributed by atoms with E-state index >= 15 is 0 Å². The number of hydrogen-bond acceptors (Lipinski definition) is 0. The summed E-state index contributed by atoms with van der Waals surface area (Å²) in [6, 6.07) is 0. The molecule has 0 atom stereocenters. The van der Waals surface area contributed by atoms with E-state index in [1.807, 2.05) is 0 Å². The molecule has 0 N–H and O–H groups in total. The Morgan fingerprint density at radius 1 is 0.857 bits per heavy atom. The molecule has 14 heavy (non-hydrogen) atoms. The predicted octanol–water partition coefficient (Wildman–Crippen LogP) is 4.81. The summed E-state index contributed by atoms with van der Waals surface area (Å²) in [5.74, 6) is 0. The minimum Gasteiger partial charge on any atom is -0.0881 e. The molecule has 0 aliphatic heterocycles. The largest absolute Gasteiger partial charge is 0.0881 e. The van der Waals surface area contributed by atoms with Crippen LogP contribution in [0, 0.1) is 0 Å². The Balaban J connectivity index is 4.36. The number of rotatable bonds is 8. The van der Waals surface area contributed by atoms with E-state index in [0.29, 0.717) is 0 Å². The topological polar surface area (TPSA) is 0 Å². The van der Waals surface area contributed by atoms with Crippen LogP contribution in [0.5, 0.6) is 0 Å². The summed E-state index contributed by atoms with van der Waals surface area (Å²) in [6.07, 6.45) is 14.7. The molecule has 0 nitrogen and oxygen atoms in total. The van der Waals surface area contributed by atoms with Gasteiger partial charge in [-0.05, 0) is 26.2 Å². The molecule has 0 rings (SSSR count). The summed E-state index contributed by atoms with van der Waals surface area (Å²) in [5, 5.41) is 0. The highest BCUT2D eigenvalue weighted by Crippen LogP contribution is 2.60. The Hall–Kier alpha value is 0.170. The molecular formula is C13H28P+. The van der Waals surface area contributed by atoms with Crippen molar-refractivity contribution < 1.29 is 0 Å².